The van der Waals surface area contributed by atoms with Crippen LogP contribution in [0.25, 0.3) is 16.4 Å². The molecule has 0 saturated heterocycles. The van der Waals surface area contributed by atoms with Crippen molar-refractivity contribution in [2.75, 3.05) is 13.1 Å². The van der Waals surface area contributed by atoms with Gasteiger partial charge in [-0.15, -0.1) is 0 Å². The molecule has 0 saturated carbocycles. The first kappa shape index (κ1) is 17.5. The van der Waals surface area contributed by atoms with Crippen molar-refractivity contribution < 1.29 is 13.6 Å². The lowest BCUT2D eigenvalue weighted by Crippen LogP contribution is -2.35. The third-order valence-corrected chi connectivity index (χ3v) is 6.67. The molecule has 2 unspecified atom stereocenters. The van der Waals surface area contributed by atoms with E-state index < -0.39 is 5.82 Å². The van der Waals surface area contributed by atoms with Crippen LogP contribution in [-0.2, 0) is 4.79 Å². The maximum Gasteiger partial charge on any atom is 0.252 e. The van der Waals surface area contributed by atoms with Gasteiger partial charge in [-0.2, -0.15) is 0 Å². The molecule has 3 aliphatic heterocycles. The van der Waals surface area contributed by atoms with Crippen LogP contribution in [-0.4, -0.2) is 34.7 Å². The van der Waals surface area contributed by atoms with E-state index in [0.717, 1.165) is 30.4 Å². The highest BCUT2D eigenvalue weighted by Crippen LogP contribution is 2.45. The Kier molecular flexibility index (Phi) is 4.26. The molecule has 2 aromatic rings. The number of oxazole rings is 1. The van der Waals surface area contributed by atoms with E-state index >= 15 is 0 Å². The Morgan fingerprint density at radius 1 is 1.39 bits per heavy atom. The van der Waals surface area contributed by atoms with E-state index in [2.05, 4.69) is 28.5 Å². The van der Waals surface area contributed by atoms with Crippen LogP contribution in [0.3, 0.4) is 0 Å². The van der Waals surface area contributed by atoms with Gasteiger partial charge in [0.15, 0.2) is 17.3 Å². The lowest BCUT2D eigenvalue weighted by atomic mass is 9.99. The van der Waals surface area contributed by atoms with Gasteiger partial charge in [0.25, 0.3) is 5.91 Å². The highest BCUT2D eigenvalue weighted by atomic mass is 31.1. The van der Waals surface area contributed by atoms with Crippen molar-refractivity contribution in [2.24, 2.45) is 0 Å². The van der Waals surface area contributed by atoms with Crippen LogP contribution < -0.4 is 5.32 Å². The minimum absolute atomic E-state index is 0.0335. The van der Waals surface area contributed by atoms with Crippen molar-refractivity contribution in [2.45, 2.75) is 19.1 Å². The van der Waals surface area contributed by atoms with Crippen molar-refractivity contribution in [3.8, 4) is 0 Å². The van der Waals surface area contributed by atoms with Crippen LogP contribution in [0.1, 0.15) is 17.9 Å². The van der Waals surface area contributed by atoms with E-state index in [-0.39, 0.29) is 17.2 Å². The molecule has 5 nitrogen and oxygen atoms in total. The third-order valence-electron chi connectivity index (χ3n) is 5.16. The van der Waals surface area contributed by atoms with Crippen molar-refractivity contribution >= 4 is 30.9 Å². The van der Waals surface area contributed by atoms with Gasteiger partial charge in [0.2, 0.25) is 0 Å². The van der Waals surface area contributed by atoms with E-state index in [1.807, 2.05) is 6.20 Å². The maximum atomic E-state index is 14.4. The van der Waals surface area contributed by atoms with Gasteiger partial charge < -0.3 is 14.6 Å². The molecule has 7 heteroatoms. The summed E-state index contributed by atoms with van der Waals surface area (Å²) in [6.45, 7) is 3.50. The Bertz CT molecular complexity index is 1110. The van der Waals surface area contributed by atoms with E-state index in [4.69, 9.17) is 4.42 Å². The first-order chi connectivity index (χ1) is 13.6. The quantitative estimate of drug-likeness (QED) is 0.785. The van der Waals surface area contributed by atoms with Gasteiger partial charge in [-0.05, 0) is 47.1 Å². The second kappa shape index (κ2) is 6.80. The third kappa shape index (κ3) is 3.03. The summed E-state index contributed by atoms with van der Waals surface area (Å²) in [7, 11) is 0.333. The van der Waals surface area contributed by atoms with Crippen LogP contribution in [0.15, 0.2) is 58.2 Å². The second-order valence-corrected chi connectivity index (χ2v) is 8.48. The zero-order chi connectivity index (χ0) is 19.3. The van der Waals surface area contributed by atoms with Crippen molar-refractivity contribution in [3.05, 3.63) is 71.1 Å². The number of aromatic nitrogens is 1. The van der Waals surface area contributed by atoms with Crippen molar-refractivity contribution in [3.63, 3.8) is 0 Å². The molecule has 0 bridgehead atoms. The van der Waals surface area contributed by atoms with E-state index in [9.17, 15) is 9.18 Å². The van der Waals surface area contributed by atoms with E-state index in [1.54, 1.807) is 24.0 Å². The molecule has 1 N–H and O–H groups in total. The second-order valence-electron chi connectivity index (χ2n) is 7.06. The SMILES string of the molecule is Cc1nc2c(F)cc(C3=CC(=O)N4C=C(C5=CCNCC5)C=CC4P3)cc2o1. The number of hydrogen-bond donors (Lipinski definition) is 1. The normalized spacial score (nSPS) is 22.9. The van der Waals surface area contributed by atoms with Crippen molar-refractivity contribution in [1.82, 2.24) is 15.2 Å². The molecule has 1 aromatic carbocycles. The maximum absolute atomic E-state index is 14.4. The molecule has 1 aromatic heterocycles. The molecule has 1 amide bonds. The number of hydrogen-bond acceptors (Lipinski definition) is 4. The fraction of sp³-hybridized carbons (Fsp3) is 0.238. The monoisotopic (exact) mass is 395 g/mol. The summed E-state index contributed by atoms with van der Waals surface area (Å²) >= 11 is 0. The Labute approximate surface area is 163 Å². The standard InChI is InChI=1S/C21H19FN3O2P/c1-12-24-21-16(22)8-15(9-17(21)27-12)18-10-19(26)25-11-14(2-3-20(25)28-18)13-4-6-23-7-5-13/h2-4,8-11,20,23,28H,5-7H2,1H3. The summed E-state index contributed by atoms with van der Waals surface area (Å²) in [5, 5.41) is 4.14. The van der Waals surface area contributed by atoms with Crippen molar-refractivity contribution in [1.29, 1.82) is 0 Å². The lowest BCUT2D eigenvalue weighted by molar-refractivity contribution is -0.123. The number of nitrogens with zero attached hydrogens (tertiary/aromatic N) is 2. The molecular weight excluding hydrogens is 376 g/mol. The number of carbonyl (C=O) groups is 1. The largest absolute Gasteiger partial charge is 0.441 e. The predicted octanol–water partition coefficient (Wildman–Crippen LogP) is 3.84. The summed E-state index contributed by atoms with van der Waals surface area (Å²) in [4.78, 5) is 18.7. The number of nitrogens with one attached hydrogen (secondary N) is 1. The zero-order valence-electron chi connectivity index (χ0n) is 15.3. The summed E-state index contributed by atoms with van der Waals surface area (Å²) < 4.78 is 19.9. The number of benzene rings is 1. The molecule has 4 heterocycles. The van der Waals surface area contributed by atoms with Crippen LogP contribution in [0, 0.1) is 12.7 Å². The summed E-state index contributed by atoms with van der Waals surface area (Å²) in [6.07, 6.45) is 10.9. The molecule has 3 aliphatic rings. The summed E-state index contributed by atoms with van der Waals surface area (Å²) in [6, 6.07) is 3.22. The van der Waals surface area contributed by atoms with Gasteiger partial charge >= 0.3 is 0 Å². The van der Waals surface area contributed by atoms with Gasteiger partial charge in [-0.25, -0.2) is 9.37 Å². The Morgan fingerprint density at radius 2 is 2.29 bits per heavy atom. The van der Waals surface area contributed by atoms with Crippen LogP contribution in [0.5, 0.6) is 0 Å². The molecule has 28 heavy (non-hydrogen) atoms. The van der Waals surface area contributed by atoms with Gasteiger partial charge in [0.1, 0.15) is 5.52 Å². The molecule has 0 radical (unpaired) electrons. The zero-order valence-corrected chi connectivity index (χ0v) is 16.3. The molecule has 0 spiro atoms. The number of fused-ring (bicyclic) bond motifs is 2. The van der Waals surface area contributed by atoms with Crippen LogP contribution >= 0.6 is 8.58 Å². The average Bonchev–Trinajstić information content (AvgIpc) is 3.09. The van der Waals surface area contributed by atoms with E-state index in [0.29, 0.717) is 25.6 Å². The lowest BCUT2D eigenvalue weighted by Gasteiger charge is -2.34. The highest BCUT2D eigenvalue weighted by Gasteiger charge is 2.29. The summed E-state index contributed by atoms with van der Waals surface area (Å²) in [5.74, 6) is -0.115. The molecule has 0 fully saturated rings. The smallest absolute Gasteiger partial charge is 0.252 e. The molecule has 142 valence electrons. The number of allylic oxidation sites excluding steroid dienone is 2. The average molecular weight is 395 g/mol. The van der Waals surface area contributed by atoms with Crippen LogP contribution in [0.4, 0.5) is 4.39 Å². The van der Waals surface area contributed by atoms with Gasteiger partial charge in [-0.1, -0.05) is 26.8 Å². The minimum Gasteiger partial charge on any atom is -0.441 e. The Balaban J connectivity index is 1.47. The minimum atomic E-state index is -0.427. The van der Waals surface area contributed by atoms with E-state index in [1.165, 1.54) is 11.6 Å². The topological polar surface area (TPSA) is 58.4 Å². The highest BCUT2D eigenvalue weighted by molar-refractivity contribution is 7.51. The molecule has 2 atom stereocenters. The number of amides is 1. The Morgan fingerprint density at radius 3 is 3.11 bits per heavy atom. The first-order valence-electron chi connectivity index (χ1n) is 9.26. The number of halogens is 1. The fourth-order valence-electron chi connectivity index (χ4n) is 3.77. The number of rotatable bonds is 2. The molecule has 5 rings (SSSR count). The van der Waals surface area contributed by atoms with Gasteiger partial charge in [0.05, 0.1) is 5.78 Å². The molecular formula is C21H19FN3O2P. The Hall–Kier alpha value is -2.56. The predicted molar refractivity (Wildman–Crippen MR) is 108 cm³/mol. The summed E-state index contributed by atoms with van der Waals surface area (Å²) in [5.41, 5.74) is 3.68. The molecule has 0 aliphatic carbocycles. The van der Waals surface area contributed by atoms with Gasteiger partial charge in [-0.3, -0.25) is 4.79 Å². The number of carbonyl (C=O) groups excluding carboxylic acids is 1. The fourth-order valence-corrected chi connectivity index (χ4v) is 5.14. The van der Waals surface area contributed by atoms with Gasteiger partial charge in [0, 0.05) is 25.7 Å². The first-order valence-corrected chi connectivity index (χ1v) is 10.3. The van der Waals surface area contributed by atoms with Crippen LogP contribution in [0.2, 0.25) is 0 Å². The number of aryl methyl sites for hydroxylation is 1.